The number of aromatic amines is 1. The number of hydrogen-bond donors (Lipinski definition) is 2. The van der Waals surface area contributed by atoms with Crippen molar-refractivity contribution in [2.75, 3.05) is 5.32 Å². The van der Waals surface area contributed by atoms with Crippen molar-refractivity contribution in [1.29, 1.82) is 0 Å². The van der Waals surface area contributed by atoms with Crippen LogP contribution in [-0.4, -0.2) is 10.9 Å². The van der Waals surface area contributed by atoms with Crippen LogP contribution < -0.4 is 10.1 Å². The minimum Gasteiger partial charge on any atom is -0.487 e. The van der Waals surface area contributed by atoms with Gasteiger partial charge in [-0.05, 0) is 36.2 Å². The summed E-state index contributed by atoms with van der Waals surface area (Å²) < 4.78 is 20.2. The van der Waals surface area contributed by atoms with Gasteiger partial charge in [-0.2, -0.15) is 0 Å². The molecule has 0 atom stereocenters. The van der Waals surface area contributed by atoms with Crippen LogP contribution in [-0.2, 0) is 17.8 Å². The van der Waals surface area contributed by atoms with Gasteiger partial charge < -0.3 is 15.0 Å². The fourth-order valence-electron chi connectivity index (χ4n) is 3.39. The summed E-state index contributed by atoms with van der Waals surface area (Å²) in [6.45, 7) is 2.22. The van der Waals surface area contributed by atoms with Gasteiger partial charge in [0.2, 0.25) is 5.91 Å². The first-order valence-electron chi connectivity index (χ1n) is 9.43. The van der Waals surface area contributed by atoms with Gasteiger partial charge in [-0.3, -0.25) is 4.79 Å². The van der Waals surface area contributed by atoms with Crippen molar-refractivity contribution in [1.82, 2.24) is 4.98 Å². The Balaban J connectivity index is 1.52. The zero-order chi connectivity index (χ0) is 20.2. The summed E-state index contributed by atoms with van der Waals surface area (Å²) in [5.74, 6) is -0.523. The quantitative estimate of drug-likeness (QED) is 0.466. The molecule has 146 valence electrons. The molecular weight excluding hydrogens is 367 g/mol. The highest BCUT2D eigenvalue weighted by molar-refractivity contribution is 5.97. The second-order valence-electron chi connectivity index (χ2n) is 6.89. The highest BCUT2D eigenvalue weighted by Gasteiger charge is 2.16. The molecule has 1 heterocycles. The number of nitrogens with one attached hydrogen (secondary N) is 2. The number of fused-ring (bicyclic) bond motifs is 1. The standard InChI is InChI=1S/C24H21FN2O2/c1-16-19(18-10-5-6-12-21(18)26-16)14-23(28)27-24-20(25)11-7-13-22(24)29-15-17-8-3-2-4-9-17/h2-13,26H,14-15H2,1H3,(H,27,28). The number of carbonyl (C=O) groups is 1. The highest BCUT2D eigenvalue weighted by Crippen LogP contribution is 2.29. The molecule has 4 rings (SSSR count). The lowest BCUT2D eigenvalue weighted by Crippen LogP contribution is -2.16. The maximum atomic E-state index is 14.4. The molecule has 0 unspecified atom stereocenters. The SMILES string of the molecule is Cc1[nH]c2ccccc2c1CC(=O)Nc1c(F)cccc1OCc1ccccc1. The number of benzene rings is 3. The van der Waals surface area contributed by atoms with E-state index in [2.05, 4.69) is 10.3 Å². The number of carbonyl (C=O) groups excluding carboxylic acids is 1. The number of H-pyrrole nitrogens is 1. The third-order valence-electron chi connectivity index (χ3n) is 4.84. The van der Waals surface area contributed by atoms with Crippen molar-refractivity contribution < 1.29 is 13.9 Å². The molecular formula is C24H21FN2O2. The molecule has 0 radical (unpaired) electrons. The number of halogens is 1. The first-order valence-corrected chi connectivity index (χ1v) is 9.43. The van der Waals surface area contributed by atoms with Crippen LogP contribution in [0, 0.1) is 12.7 Å². The third kappa shape index (κ3) is 4.14. The number of anilines is 1. The molecule has 0 saturated carbocycles. The van der Waals surface area contributed by atoms with Gasteiger partial charge in [0.05, 0.1) is 6.42 Å². The van der Waals surface area contributed by atoms with Crippen molar-refractivity contribution in [3.8, 4) is 5.75 Å². The number of aromatic nitrogens is 1. The third-order valence-corrected chi connectivity index (χ3v) is 4.84. The minimum absolute atomic E-state index is 0.0610. The monoisotopic (exact) mass is 388 g/mol. The molecule has 0 aliphatic rings. The van der Waals surface area contributed by atoms with E-state index in [1.807, 2.05) is 61.5 Å². The van der Waals surface area contributed by atoms with Crippen LogP contribution >= 0.6 is 0 Å². The predicted molar refractivity (Wildman–Crippen MR) is 113 cm³/mol. The molecule has 0 bridgehead atoms. The lowest BCUT2D eigenvalue weighted by Gasteiger charge is -2.13. The van der Waals surface area contributed by atoms with Gasteiger partial charge in [0.15, 0.2) is 5.82 Å². The summed E-state index contributed by atoms with van der Waals surface area (Å²) >= 11 is 0. The summed E-state index contributed by atoms with van der Waals surface area (Å²) in [4.78, 5) is 16.0. The lowest BCUT2D eigenvalue weighted by atomic mass is 10.1. The van der Waals surface area contributed by atoms with Gasteiger partial charge >= 0.3 is 0 Å². The summed E-state index contributed by atoms with van der Waals surface area (Å²) in [5.41, 5.74) is 3.83. The average Bonchev–Trinajstić information content (AvgIpc) is 3.04. The molecule has 5 heteroatoms. The molecule has 0 spiro atoms. The fraction of sp³-hybridized carbons (Fsp3) is 0.125. The van der Waals surface area contributed by atoms with Crippen LogP contribution in [0.5, 0.6) is 5.75 Å². The van der Waals surface area contributed by atoms with E-state index in [4.69, 9.17) is 4.74 Å². The van der Waals surface area contributed by atoms with E-state index in [9.17, 15) is 9.18 Å². The predicted octanol–water partition coefficient (Wildman–Crippen LogP) is 5.38. The number of hydrogen-bond acceptors (Lipinski definition) is 2. The maximum absolute atomic E-state index is 14.4. The van der Waals surface area contributed by atoms with Crippen molar-refractivity contribution in [2.24, 2.45) is 0 Å². The van der Waals surface area contributed by atoms with Crippen LogP contribution in [0.4, 0.5) is 10.1 Å². The maximum Gasteiger partial charge on any atom is 0.229 e. The van der Waals surface area contributed by atoms with E-state index in [1.165, 1.54) is 6.07 Å². The van der Waals surface area contributed by atoms with Crippen LogP contribution in [0.15, 0.2) is 72.8 Å². The number of amides is 1. The molecule has 0 aliphatic carbocycles. The molecule has 4 aromatic rings. The molecule has 1 aromatic heterocycles. The molecule has 0 aliphatic heterocycles. The smallest absolute Gasteiger partial charge is 0.229 e. The van der Waals surface area contributed by atoms with Gasteiger partial charge in [-0.25, -0.2) is 4.39 Å². The van der Waals surface area contributed by atoms with Crippen molar-refractivity contribution in [2.45, 2.75) is 20.0 Å². The minimum atomic E-state index is -0.528. The normalized spacial score (nSPS) is 10.8. The Hall–Kier alpha value is -3.60. The molecule has 1 amide bonds. The topological polar surface area (TPSA) is 54.1 Å². The summed E-state index contributed by atoms with van der Waals surface area (Å²) in [5, 5.41) is 3.69. The van der Waals surface area contributed by atoms with E-state index >= 15 is 0 Å². The second-order valence-corrected chi connectivity index (χ2v) is 6.89. The van der Waals surface area contributed by atoms with Gasteiger partial charge in [-0.15, -0.1) is 0 Å². The van der Waals surface area contributed by atoms with E-state index < -0.39 is 5.82 Å². The van der Waals surface area contributed by atoms with Crippen LogP contribution in [0.25, 0.3) is 10.9 Å². The van der Waals surface area contributed by atoms with E-state index in [-0.39, 0.29) is 24.6 Å². The van der Waals surface area contributed by atoms with Crippen LogP contribution in [0.3, 0.4) is 0 Å². The van der Waals surface area contributed by atoms with Gasteiger partial charge in [-0.1, -0.05) is 54.6 Å². The molecule has 29 heavy (non-hydrogen) atoms. The van der Waals surface area contributed by atoms with Gasteiger partial charge in [0.1, 0.15) is 18.0 Å². The molecule has 3 aromatic carbocycles. The van der Waals surface area contributed by atoms with Gasteiger partial charge in [0, 0.05) is 16.6 Å². The Kier molecular flexibility index (Phi) is 5.29. The fourth-order valence-corrected chi connectivity index (χ4v) is 3.39. The number of aryl methyl sites for hydroxylation is 1. The first-order chi connectivity index (χ1) is 14.1. The summed E-state index contributed by atoms with van der Waals surface area (Å²) in [6.07, 6.45) is 0.141. The number of rotatable bonds is 6. The lowest BCUT2D eigenvalue weighted by molar-refractivity contribution is -0.115. The van der Waals surface area contributed by atoms with E-state index in [0.29, 0.717) is 5.75 Å². The summed E-state index contributed by atoms with van der Waals surface area (Å²) in [6, 6.07) is 21.9. The number of para-hydroxylation sites is 2. The molecule has 0 saturated heterocycles. The Morgan fingerprint density at radius 3 is 2.59 bits per heavy atom. The van der Waals surface area contributed by atoms with E-state index in [0.717, 1.165) is 27.7 Å². The largest absolute Gasteiger partial charge is 0.487 e. The first kappa shape index (κ1) is 18.7. The molecule has 2 N–H and O–H groups in total. The Morgan fingerprint density at radius 1 is 1.00 bits per heavy atom. The van der Waals surface area contributed by atoms with E-state index in [1.54, 1.807) is 12.1 Å². The second kappa shape index (κ2) is 8.19. The van der Waals surface area contributed by atoms with Gasteiger partial charge in [0.25, 0.3) is 0 Å². The van der Waals surface area contributed by atoms with Crippen molar-refractivity contribution in [3.63, 3.8) is 0 Å². The zero-order valence-corrected chi connectivity index (χ0v) is 16.0. The van der Waals surface area contributed by atoms with Crippen LogP contribution in [0.2, 0.25) is 0 Å². The Bertz CT molecular complexity index is 1150. The molecule has 4 nitrogen and oxygen atoms in total. The zero-order valence-electron chi connectivity index (χ0n) is 16.0. The summed E-state index contributed by atoms with van der Waals surface area (Å²) in [7, 11) is 0. The number of ether oxygens (including phenoxy) is 1. The Morgan fingerprint density at radius 2 is 1.76 bits per heavy atom. The van der Waals surface area contributed by atoms with Crippen LogP contribution in [0.1, 0.15) is 16.8 Å². The molecule has 0 fully saturated rings. The Labute approximate surface area is 168 Å². The van der Waals surface area contributed by atoms with Crippen molar-refractivity contribution >= 4 is 22.5 Å². The van der Waals surface area contributed by atoms with Crippen molar-refractivity contribution in [3.05, 3.63) is 95.4 Å². The average molecular weight is 388 g/mol. The highest BCUT2D eigenvalue weighted by atomic mass is 19.1.